The van der Waals surface area contributed by atoms with Gasteiger partial charge in [-0.3, -0.25) is 9.80 Å². The predicted molar refractivity (Wildman–Crippen MR) is 72.6 cm³/mol. The number of nitrogens with zero attached hydrogens (tertiary/aromatic N) is 2. The van der Waals surface area contributed by atoms with Crippen molar-refractivity contribution >= 4 is 0 Å². The summed E-state index contributed by atoms with van der Waals surface area (Å²) in [7, 11) is 2.31. The average molecular weight is 253 g/mol. The van der Waals surface area contributed by atoms with Crippen LogP contribution in [0.25, 0.3) is 0 Å². The first-order valence-electron chi connectivity index (χ1n) is 7.56. The van der Waals surface area contributed by atoms with Crippen LogP contribution in [-0.4, -0.2) is 67.3 Å². The van der Waals surface area contributed by atoms with Gasteiger partial charge in [0.15, 0.2) is 0 Å². The van der Waals surface area contributed by atoms with Crippen LogP contribution in [-0.2, 0) is 4.74 Å². The fourth-order valence-corrected chi connectivity index (χ4v) is 3.92. The van der Waals surface area contributed by atoms with Gasteiger partial charge in [-0.1, -0.05) is 0 Å². The SMILES string of the molecule is CN1C2CCC1CN(CC1CCC(CN)O1)CC2. The quantitative estimate of drug-likeness (QED) is 0.802. The minimum Gasteiger partial charge on any atom is -0.372 e. The summed E-state index contributed by atoms with van der Waals surface area (Å²) in [4.78, 5) is 5.24. The van der Waals surface area contributed by atoms with Crippen LogP contribution in [0.1, 0.15) is 32.1 Å². The van der Waals surface area contributed by atoms with E-state index < -0.39 is 0 Å². The Morgan fingerprint density at radius 1 is 1.06 bits per heavy atom. The van der Waals surface area contributed by atoms with Crippen molar-refractivity contribution in [3.8, 4) is 0 Å². The van der Waals surface area contributed by atoms with E-state index in [-0.39, 0.29) is 0 Å². The van der Waals surface area contributed by atoms with Crippen molar-refractivity contribution in [1.82, 2.24) is 9.80 Å². The summed E-state index contributed by atoms with van der Waals surface area (Å²) >= 11 is 0. The number of hydrogen-bond donors (Lipinski definition) is 1. The summed E-state index contributed by atoms with van der Waals surface area (Å²) in [6.07, 6.45) is 7.23. The van der Waals surface area contributed by atoms with Gasteiger partial charge in [0, 0.05) is 31.7 Å². The molecule has 2 bridgehead atoms. The minimum absolute atomic E-state index is 0.320. The lowest BCUT2D eigenvalue weighted by Gasteiger charge is -2.27. The van der Waals surface area contributed by atoms with Crippen LogP contribution < -0.4 is 5.73 Å². The first-order chi connectivity index (χ1) is 8.76. The lowest BCUT2D eigenvalue weighted by molar-refractivity contribution is 0.0255. The lowest BCUT2D eigenvalue weighted by Crippen LogP contribution is -2.40. The van der Waals surface area contributed by atoms with Crippen molar-refractivity contribution in [2.45, 2.75) is 56.4 Å². The molecule has 3 saturated heterocycles. The van der Waals surface area contributed by atoms with Crippen molar-refractivity contribution in [2.75, 3.05) is 33.2 Å². The molecule has 0 aromatic rings. The second-order valence-electron chi connectivity index (χ2n) is 6.29. The maximum atomic E-state index is 5.98. The molecule has 3 aliphatic heterocycles. The summed E-state index contributed by atoms with van der Waals surface area (Å²) < 4.78 is 5.98. The van der Waals surface area contributed by atoms with Crippen LogP contribution in [0.5, 0.6) is 0 Å². The zero-order valence-electron chi connectivity index (χ0n) is 11.6. The van der Waals surface area contributed by atoms with Gasteiger partial charge in [-0.15, -0.1) is 0 Å². The van der Waals surface area contributed by atoms with E-state index in [1.165, 1.54) is 38.8 Å². The number of rotatable bonds is 3. The number of fused-ring (bicyclic) bond motifs is 2. The topological polar surface area (TPSA) is 41.7 Å². The standard InChI is InChI=1S/C14H27N3O/c1-16-11-2-3-12(16)9-17(7-6-11)10-14-5-4-13(8-15)18-14/h11-14H,2-10,15H2,1H3. The molecule has 0 amide bonds. The molecule has 4 atom stereocenters. The van der Waals surface area contributed by atoms with Crippen molar-refractivity contribution in [2.24, 2.45) is 5.73 Å². The molecule has 0 spiro atoms. The van der Waals surface area contributed by atoms with Crippen LogP contribution in [0.3, 0.4) is 0 Å². The molecule has 0 aromatic carbocycles. The molecule has 2 N–H and O–H groups in total. The average Bonchev–Trinajstić information content (AvgIpc) is 2.89. The molecule has 4 heteroatoms. The molecule has 3 aliphatic rings. The normalized spacial score (nSPS) is 42.3. The highest BCUT2D eigenvalue weighted by Crippen LogP contribution is 2.29. The summed E-state index contributed by atoms with van der Waals surface area (Å²) in [6.45, 7) is 4.29. The van der Waals surface area contributed by atoms with E-state index in [1.54, 1.807) is 0 Å². The monoisotopic (exact) mass is 253 g/mol. The van der Waals surface area contributed by atoms with Crippen molar-refractivity contribution in [1.29, 1.82) is 0 Å². The Labute approximate surface area is 110 Å². The molecule has 0 aliphatic carbocycles. The lowest BCUT2D eigenvalue weighted by atomic mass is 10.1. The van der Waals surface area contributed by atoms with Gasteiger partial charge in [-0.05, 0) is 45.7 Å². The van der Waals surface area contributed by atoms with Gasteiger partial charge < -0.3 is 10.5 Å². The third-order valence-corrected chi connectivity index (χ3v) is 5.15. The Hall–Kier alpha value is -0.160. The highest BCUT2D eigenvalue weighted by atomic mass is 16.5. The van der Waals surface area contributed by atoms with E-state index in [4.69, 9.17) is 10.5 Å². The maximum Gasteiger partial charge on any atom is 0.0707 e. The Morgan fingerprint density at radius 3 is 2.61 bits per heavy atom. The molecule has 18 heavy (non-hydrogen) atoms. The molecule has 3 heterocycles. The third-order valence-electron chi connectivity index (χ3n) is 5.15. The smallest absolute Gasteiger partial charge is 0.0707 e. The van der Waals surface area contributed by atoms with Crippen molar-refractivity contribution in [3.05, 3.63) is 0 Å². The van der Waals surface area contributed by atoms with Gasteiger partial charge in [0.2, 0.25) is 0 Å². The van der Waals surface area contributed by atoms with Crippen LogP contribution in [0.4, 0.5) is 0 Å². The molecule has 4 unspecified atom stereocenters. The number of likely N-dealkylation sites (tertiary alicyclic amines) is 1. The first-order valence-corrected chi connectivity index (χ1v) is 7.56. The van der Waals surface area contributed by atoms with E-state index in [9.17, 15) is 0 Å². The Kier molecular flexibility index (Phi) is 3.89. The molecule has 0 radical (unpaired) electrons. The van der Waals surface area contributed by atoms with Gasteiger partial charge in [0.1, 0.15) is 0 Å². The summed E-state index contributed by atoms with van der Waals surface area (Å²) in [5, 5.41) is 0. The van der Waals surface area contributed by atoms with Crippen molar-refractivity contribution in [3.63, 3.8) is 0 Å². The van der Waals surface area contributed by atoms with Crippen molar-refractivity contribution < 1.29 is 4.74 Å². The van der Waals surface area contributed by atoms with E-state index in [0.29, 0.717) is 18.8 Å². The highest BCUT2D eigenvalue weighted by molar-refractivity contribution is 4.92. The second-order valence-corrected chi connectivity index (χ2v) is 6.29. The Bertz CT molecular complexity index is 286. The molecule has 4 nitrogen and oxygen atoms in total. The van der Waals surface area contributed by atoms with Gasteiger partial charge in [-0.2, -0.15) is 0 Å². The van der Waals surface area contributed by atoms with Crippen LogP contribution in [0.15, 0.2) is 0 Å². The van der Waals surface area contributed by atoms with Crippen LogP contribution in [0.2, 0.25) is 0 Å². The fourth-order valence-electron chi connectivity index (χ4n) is 3.92. The number of nitrogens with two attached hydrogens (primary N) is 1. The number of hydrogen-bond acceptors (Lipinski definition) is 4. The molecule has 3 fully saturated rings. The fraction of sp³-hybridized carbons (Fsp3) is 1.00. The first kappa shape index (κ1) is 12.9. The number of likely N-dealkylation sites (N-methyl/N-ethyl adjacent to an activating group) is 1. The maximum absolute atomic E-state index is 5.98. The van der Waals surface area contributed by atoms with Gasteiger partial charge in [-0.25, -0.2) is 0 Å². The molecule has 3 rings (SSSR count). The summed E-state index contributed by atoms with van der Waals surface area (Å²) in [5.41, 5.74) is 5.68. The van der Waals surface area contributed by atoms with Gasteiger partial charge in [0.25, 0.3) is 0 Å². The Morgan fingerprint density at radius 2 is 1.83 bits per heavy atom. The molecular weight excluding hydrogens is 226 g/mol. The summed E-state index contributed by atoms with van der Waals surface area (Å²) in [6, 6.07) is 1.62. The molecule has 104 valence electrons. The molecule has 0 saturated carbocycles. The zero-order valence-corrected chi connectivity index (χ0v) is 11.6. The van der Waals surface area contributed by atoms with E-state index >= 15 is 0 Å². The second kappa shape index (κ2) is 5.45. The van der Waals surface area contributed by atoms with Gasteiger partial charge in [0.05, 0.1) is 12.2 Å². The largest absolute Gasteiger partial charge is 0.372 e. The zero-order chi connectivity index (χ0) is 12.5. The third kappa shape index (κ3) is 2.57. The van der Waals surface area contributed by atoms with E-state index in [1.807, 2.05) is 0 Å². The predicted octanol–water partition coefficient (Wildman–Crippen LogP) is 0.661. The van der Waals surface area contributed by atoms with Gasteiger partial charge >= 0.3 is 0 Å². The summed E-state index contributed by atoms with van der Waals surface area (Å²) in [5.74, 6) is 0. The molecule has 0 aromatic heterocycles. The van der Waals surface area contributed by atoms with Crippen LogP contribution >= 0.6 is 0 Å². The number of ether oxygens (including phenoxy) is 1. The van der Waals surface area contributed by atoms with E-state index in [2.05, 4.69) is 16.8 Å². The van der Waals surface area contributed by atoms with Crippen LogP contribution in [0, 0.1) is 0 Å². The Balaban J connectivity index is 1.52. The van der Waals surface area contributed by atoms with E-state index in [0.717, 1.165) is 25.0 Å². The highest BCUT2D eigenvalue weighted by Gasteiger charge is 2.35. The molecular formula is C14H27N3O. The minimum atomic E-state index is 0.320.